The average Bonchev–Trinajstić information content (AvgIpc) is 1.89. The fraction of sp³-hybridized carbons (Fsp3) is 0.833. The summed E-state index contributed by atoms with van der Waals surface area (Å²) in [6.07, 6.45) is 1.00. The number of nitrogens with zero attached hydrogens (tertiary/aromatic N) is 1. The number of carbonyl (C=O) groups excluding carboxylic acids is 1. The van der Waals surface area contributed by atoms with Crippen molar-refractivity contribution >= 4 is 6.08 Å². The van der Waals surface area contributed by atoms with Crippen LogP contribution >= 0.6 is 0 Å². The van der Waals surface area contributed by atoms with E-state index in [2.05, 4.69) is 9.73 Å². The van der Waals surface area contributed by atoms with Gasteiger partial charge in [0.25, 0.3) is 0 Å². The molecule has 0 saturated carbocycles. The molecule has 0 aromatic carbocycles. The smallest absolute Gasteiger partial charge is 0.237 e. The number of halogens is 1. The lowest BCUT2D eigenvalue weighted by molar-refractivity contribution is -0.0399. The third-order valence-corrected chi connectivity index (χ3v) is 0.900. The Bertz CT molecular complexity index is 123. The van der Waals surface area contributed by atoms with Gasteiger partial charge in [0.2, 0.25) is 12.4 Å². The van der Waals surface area contributed by atoms with Crippen molar-refractivity contribution in [3.05, 3.63) is 0 Å². The summed E-state index contributed by atoms with van der Waals surface area (Å²) < 4.78 is 16.7. The second-order valence-corrected chi connectivity index (χ2v) is 1.74. The lowest BCUT2D eigenvalue weighted by Crippen LogP contribution is -2.05. The van der Waals surface area contributed by atoms with Crippen molar-refractivity contribution in [1.29, 1.82) is 0 Å². The van der Waals surface area contributed by atoms with E-state index in [4.69, 9.17) is 0 Å². The molecule has 0 bridgehead atoms. The van der Waals surface area contributed by atoms with Crippen LogP contribution in [0.3, 0.4) is 0 Å². The molecule has 0 aromatic heterocycles. The van der Waals surface area contributed by atoms with Crippen molar-refractivity contribution in [2.75, 3.05) is 6.73 Å². The van der Waals surface area contributed by atoms with Crippen LogP contribution in [0.4, 0.5) is 4.39 Å². The van der Waals surface area contributed by atoms with Crippen LogP contribution in [-0.2, 0) is 9.53 Å². The van der Waals surface area contributed by atoms with Gasteiger partial charge in [-0.25, -0.2) is 9.18 Å². The van der Waals surface area contributed by atoms with Gasteiger partial charge in [-0.1, -0.05) is 13.3 Å². The van der Waals surface area contributed by atoms with E-state index in [1.54, 1.807) is 0 Å². The standard InChI is InChI=1S/C6H10FNO2/c1-2-3-6(7)10-5-8-4-9/h6H,2-3,5H2,1H3. The number of ether oxygens (including phenoxy) is 1. The van der Waals surface area contributed by atoms with Gasteiger partial charge in [0, 0.05) is 6.42 Å². The molecule has 10 heavy (non-hydrogen) atoms. The Kier molecular flexibility index (Phi) is 5.92. The maximum atomic E-state index is 12.3. The molecule has 0 aliphatic heterocycles. The zero-order valence-electron chi connectivity index (χ0n) is 5.84. The maximum Gasteiger partial charge on any atom is 0.237 e. The number of alkyl halides is 1. The molecular weight excluding hydrogens is 137 g/mol. The Hall–Kier alpha value is -0.730. The van der Waals surface area contributed by atoms with Gasteiger partial charge < -0.3 is 4.74 Å². The first kappa shape index (κ1) is 9.27. The number of aliphatic imine (C=N–C) groups is 1. The molecule has 0 fully saturated rings. The van der Waals surface area contributed by atoms with Gasteiger partial charge in [-0.3, -0.25) is 0 Å². The highest BCUT2D eigenvalue weighted by Gasteiger charge is 2.01. The molecule has 4 heteroatoms. The number of hydrogen-bond donors (Lipinski definition) is 0. The summed E-state index contributed by atoms with van der Waals surface area (Å²) in [5.41, 5.74) is 0. The molecule has 0 saturated heterocycles. The van der Waals surface area contributed by atoms with E-state index in [0.717, 1.165) is 0 Å². The first-order chi connectivity index (χ1) is 4.81. The summed E-state index contributed by atoms with van der Waals surface area (Å²) in [7, 11) is 0. The van der Waals surface area contributed by atoms with E-state index in [9.17, 15) is 9.18 Å². The van der Waals surface area contributed by atoms with Gasteiger partial charge in [0.15, 0.2) is 6.73 Å². The van der Waals surface area contributed by atoms with Gasteiger partial charge >= 0.3 is 0 Å². The van der Waals surface area contributed by atoms with E-state index in [-0.39, 0.29) is 6.73 Å². The monoisotopic (exact) mass is 147 g/mol. The predicted molar refractivity (Wildman–Crippen MR) is 33.9 cm³/mol. The van der Waals surface area contributed by atoms with Crippen LogP contribution in [0.5, 0.6) is 0 Å². The lowest BCUT2D eigenvalue weighted by atomic mass is 10.3. The SMILES string of the molecule is CCCC(F)OCN=C=O. The molecule has 0 aliphatic rings. The van der Waals surface area contributed by atoms with E-state index >= 15 is 0 Å². The van der Waals surface area contributed by atoms with Crippen LogP contribution in [-0.4, -0.2) is 19.2 Å². The summed E-state index contributed by atoms with van der Waals surface area (Å²) in [6.45, 7) is 1.61. The molecule has 0 amide bonds. The Morgan fingerprint density at radius 2 is 2.50 bits per heavy atom. The second-order valence-electron chi connectivity index (χ2n) is 1.74. The van der Waals surface area contributed by atoms with Crippen LogP contribution in [0.2, 0.25) is 0 Å². The number of hydrogen-bond acceptors (Lipinski definition) is 3. The van der Waals surface area contributed by atoms with Crippen LogP contribution in [0, 0.1) is 0 Å². The first-order valence-corrected chi connectivity index (χ1v) is 3.10. The van der Waals surface area contributed by atoms with Crippen molar-refractivity contribution in [2.24, 2.45) is 4.99 Å². The Balaban J connectivity index is 3.20. The number of rotatable bonds is 5. The molecule has 3 nitrogen and oxygen atoms in total. The van der Waals surface area contributed by atoms with Crippen molar-refractivity contribution in [3.63, 3.8) is 0 Å². The zero-order chi connectivity index (χ0) is 7.82. The minimum atomic E-state index is -1.30. The summed E-state index contributed by atoms with van der Waals surface area (Å²) in [5.74, 6) is 0. The summed E-state index contributed by atoms with van der Waals surface area (Å²) >= 11 is 0. The predicted octanol–water partition coefficient (Wildman–Crippen LogP) is 1.39. The fourth-order valence-corrected chi connectivity index (χ4v) is 0.455. The van der Waals surface area contributed by atoms with Crippen LogP contribution in [0.25, 0.3) is 0 Å². The molecule has 0 spiro atoms. The van der Waals surface area contributed by atoms with Crippen molar-refractivity contribution < 1.29 is 13.9 Å². The normalized spacial score (nSPS) is 12.2. The highest BCUT2D eigenvalue weighted by Crippen LogP contribution is 2.02. The van der Waals surface area contributed by atoms with Gasteiger partial charge in [-0.15, -0.1) is 0 Å². The third kappa shape index (κ3) is 5.41. The molecule has 0 heterocycles. The summed E-state index contributed by atoms with van der Waals surface area (Å²) in [6, 6.07) is 0. The van der Waals surface area contributed by atoms with E-state index < -0.39 is 6.36 Å². The van der Waals surface area contributed by atoms with Crippen LogP contribution in [0.1, 0.15) is 19.8 Å². The molecule has 58 valence electrons. The molecule has 0 aromatic rings. The van der Waals surface area contributed by atoms with Crippen LogP contribution in [0.15, 0.2) is 4.99 Å². The number of isocyanates is 1. The molecule has 1 unspecified atom stereocenters. The fourth-order valence-electron chi connectivity index (χ4n) is 0.455. The van der Waals surface area contributed by atoms with Gasteiger partial charge in [0.05, 0.1) is 0 Å². The lowest BCUT2D eigenvalue weighted by Gasteiger charge is -2.03. The van der Waals surface area contributed by atoms with Crippen molar-refractivity contribution in [3.8, 4) is 0 Å². The molecule has 0 N–H and O–H groups in total. The Morgan fingerprint density at radius 3 is 3.00 bits per heavy atom. The van der Waals surface area contributed by atoms with Gasteiger partial charge in [-0.05, 0) is 0 Å². The highest BCUT2D eigenvalue weighted by atomic mass is 19.1. The summed E-state index contributed by atoms with van der Waals surface area (Å²) in [4.78, 5) is 12.5. The van der Waals surface area contributed by atoms with Gasteiger partial charge in [0.1, 0.15) is 0 Å². The van der Waals surface area contributed by atoms with E-state index in [1.807, 2.05) is 6.92 Å². The molecule has 0 aliphatic carbocycles. The van der Waals surface area contributed by atoms with Gasteiger partial charge in [-0.2, -0.15) is 4.99 Å². The zero-order valence-corrected chi connectivity index (χ0v) is 5.84. The largest absolute Gasteiger partial charge is 0.325 e. The molecule has 1 atom stereocenters. The second kappa shape index (κ2) is 6.39. The average molecular weight is 147 g/mol. The van der Waals surface area contributed by atoms with Crippen LogP contribution < -0.4 is 0 Å². The minimum Gasteiger partial charge on any atom is -0.325 e. The summed E-state index contributed by atoms with van der Waals surface area (Å²) in [5, 5.41) is 0. The third-order valence-electron chi connectivity index (χ3n) is 0.900. The quantitative estimate of drug-likeness (QED) is 0.435. The topological polar surface area (TPSA) is 38.7 Å². The Labute approximate surface area is 58.9 Å². The highest BCUT2D eigenvalue weighted by molar-refractivity contribution is 5.32. The van der Waals surface area contributed by atoms with E-state index in [1.165, 1.54) is 6.08 Å². The minimum absolute atomic E-state index is 0.231. The van der Waals surface area contributed by atoms with Crippen molar-refractivity contribution in [2.45, 2.75) is 26.1 Å². The van der Waals surface area contributed by atoms with Crippen molar-refractivity contribution in [1.82, 2.24) is 0 Å². The maximum absolute atomic E-state index is 12.3. The molecule has 0 radical (unpaired) electrons. The molecule has 0 rings (SSSR count). The first-order valence-electron chi connectivity index (χ1n) is 3.10. The Morgan fingerprint density at radius 1 is 1.80 bits per heavy atom. The van der Waals surface area contributed by atoms with E-state index in [0.29, 0.717) is 12.8 Å². The molecular formula is C6H10FNO2.